The van der Waals surface area contributed by atoms with Gasteiger partial charge in [-0.3, -0.25) is 9.59 Å². The molecule has 7 nitrogen and oxygen atoms in total. The van der Waals surface area contributed by atoms with Gasteiger partial charge < -0.3 is 20.5 Å². The van der Waals surface area contributed by atoms with Gasteiger partial charge >= 0.3 is 18.0 Å². The van der Waals surface area contributed by atoms with Crippen LogP contribution in [0.4, 0.5) is 4.79 Å². The molecule has 0 aromatic rings. The fourth-order valence-electron chi connectivity index (χ4n) is 1.41. The lowest BCUT2D eigenvalue weighted by molar-refractivity contribution is -0.149. The number of carbonyl (C=O) groups excluding carboxylic acids is 2. The molecular formula is C11H20N2O5. The predicted octanol–water partition coefficient (Wildman–Crippen LogP) is 0.350. The predicted molar refractivity (Wildman–Crippen MR) is 64.1 cm³/mol. The van der Waals surface area contributed by atoms with Gasteiger partial charge in [-0.25, -0.2) is 4.79 Å². The molecule has 3 N–H and O–H groups in total. The molecule has 0 heterocycles. The van der Waals surface area contributed by atoms with Crippen molar-refractivity contribution >= 4 is 18.0 Å². The minimum atomic E-state index is -0.970. The van der Waals surface area contributed by atoms with E-state index >= 15 is 0 Å². The third-order valence-corrected chi connectivity index (χ3v) is 3.02. The molecule has 0 aliphatic heterocycles. The van der Waals surface area contributed by atoms with Gasteiger partial charge in [0.05, 0.1) is 12.5 Å². The molecule has 0 saturated carbocycles. The number of rotatable bonds is 7. The van der Waals surface area contributed by atoms with Crippen LogP contribution in [-0.2, 0) is 14.3 Å². The molecule has 0 aliphatic rings. The Labute approximate surface area is 106 Å². The summed E-state index contributed by atoms with van der Waals surface area (Å²) in [6, 6.07) is -0.590. The highest BCUT2D eigenvalue weighted by molar-refractivity contribution is 5.81. The summed E-state index contributed by atoms with van der Waals surface area (Å²) in [5, 5.41) is 13.9. The van der Waals surface area contributed by atoms with Crippen molar-refractivity contribution in [3.05, 3.63) is 0 Å². The Kier molecular flexibility index (Phi) is 6.77. The maximum absolute atomic E-state index is 11.3. The zero-order valence-electron chi connectivity index (χ0n) is 10.9. The number of methoxy groups -OCH3 is 1. The number of nitrogens with one attached hydrogen (secondary N) is 2. The largest absolute Gasteiger partial charge is 0.481 e. The highest BCUT2D eigenvalue weighted by Gasteiger charge is 2.35. The normalized spacial score (nSPS) is 10.6. The molecule has 0 saturated heterocycles. The van der Waals surface area contributed by atoms with E-state index in [2.05, 4.69) is 15.4 Å². The van der Waals surface area contributed by atoms with Crippen molar-refractivity contribution < 1.29 is 24.2 Å². The van der Waals surface area contributed by atoms with Crippen molar-refractivity contribution in [3.63, 3.8) is 0 Å². The minimum absolute atomic E-state index is 0.0162. The fourth-order valence-corrected chi connectivity index (χ4v) is 1.41. The first-order chi connectivity index (χ1) is 8.41. The van der Waals surface area contributed by atoms with Crippen LogP contribution >= 0.6 is 0 Å². The lowest BCUT2D eigenvalue weighted by Crippen LogP contribution is -2.46. The number of urea groups is 1. The Balaban J connectivity index is 4.24. The molecule has 7 heteroatoms. The molecule has 0 radical (unpaired) electrons. The number of carbonyl (C=O) groups is 3. The number of esters is 1. The SMILES string of the molecule is CCC(CC)(CNC(=O)NCC(=O)OC)C(=O)O. The maximum Gasteiger partial charge on any atom is 0.325 e. The molecule has 18 heavy (non-hydrogen) atoms. The number of carboxylic acid groups (broad SMARTS) is 1. The second kappa shape index (κ2) is 7.52. The van der Waals surface area contributed by atoms with Crippen molar-refractivity contribution in [1.29, 1.82) is 0 Å². The van der Waals surface area contributed by atoms with Gasteiger partial charge in [-0.2, -0.15) is 0 Å². The monoisotopic (exact) mass is 260 g/mol. The number of amides is 2. The van der Waals surface area contributed by atoms with E-state index in [9.17, 15) is 14.4 Å². The van der Waals surface area contributed by atoms with Gasteiger partial charge in [0.15, 0.2) is 0 Å². The van der Waals surface area contributed by atoms with Crippen LogP contribution in [0.2, 0.25) is 0 Å². The van der Waals surface area contributed by atoms with Crippen molar-refractivity contribution in [2.75, 3.05) is 20.2 Å². The maximum atomic E-state index is 11.3. The number of hydrogen-bond donors (Lipinski definition) is 3. The van der Waals surface area contributed by atoms with E-state index < -0.39 is 23.4 Å². The topological polar surface area (TPSA) is 105 Å². The number of aliphatic carboxylic acids is 1. The van der Waals surface area contributed by atoms with Crippen LogP contribution in [0.15, 0.2) is 0 Å². The van der Waals surface area contributed by atoms with Gasteiger partial charge in [-0.05, 0) is 12.8 Å². The first-order valence-corrected chi connectivity index (χ1v) is 5.73. The summed E-state index contributed by atoms with van der Waals surface area (Å²) in [4.78, 5) is 33.3. The van der Waals surface area contributed by atoms with Gasteiger partial charge in [0.1, 0.15) is 6.54 Å². The molecular weight excluding hydrogens is 240 g/mol. The number of ether oxygens (including phenoxy) is 1. The van der Waals surface area contributed by atoms with Crippen molar-refractivity contribution in [1.82, 2.24) is 10.6 Å². The molecule has 0 aliphatic carbocycles. The zero-order valence-corrected chi connectivity index (χ0v) is 10.9. The van der Waals surface area contributed by atoms with Gasteiger partial charge in [-0.15, -0.1) is 0 Å². The lowest BCUT2D eigenvalue weighted by Gasteiger charge is -2.26. The zero-order chi connectivity index (χ0) is 14.2. The lowest BCUT2D eigenvalue weighted by atomic mass is 9.82. The molecule has 0 rings (SSSR count). The van der Waals surface area contributed by atoms with Crippen LogP contribution in [-0.4, -0.2) is 43.3 Å². The van der Waals surface area contributed by atoms with E-state index in [0.717, 1.165) is 0 Å². The number of carboxylic acids is 1. The summed E-state index contributed by atoms with van der Waals surface area (Å²) in [5.41, 5.74) is -0.970. The van der Waals surface area contributed by atoms with Gasteiger partial charge in [0, 0.05) is 6.54 Å². The summed E-state index contributed by atoms with van der Waals surface area (Å²) in [6.45, 7) is 3.28. The van der Waals surface area contributed by atoms with E-state index in [1.165, 1.54) is 7.11 Å². The van der Waals surface area contributed by atoms with Gasteiger partial charge in [-0.1, -0.05) is 13.8 Å². The summed E-state index contributed by atoms with van der Waals surface area (Å²) in [7, 11) is 1.21. The molecule has 0 aromatic heterocycles. The molecule has 0 atom stereocenters. The van der Waals surface area contributed by atoms with Crippen molar-refractivity contribution in [3.8, 4) is 0 Å². The van der Waals surface area contributed by atoms with Crippen molar-refractivity contribution in [2.45, 2.75) is 26.7 Å². The van der Waals surface area contributed by atoms with E-state index in [-0.39, 0.29) is 13.1 Å². The first-order valence-electron chi connectivity index (χ1n) is 5.73. The Morgan fingerprint density at radius 1 is 1.17 bits per heavy atom. The summed E-state index contributed by atoms with van der Waals surface area (Å²) >= 11 is 0. The molecule has 0 bridgehead atoms. The van der Waals surface area contributed by atoms with Crippen LogP contribution < -0.4 is 10.6 Å². The second-order valence-corrected chi connectivity index (χ2v) is 3.90. The van der Waals surface area contributed by atoms with E-state index in [1.54, 1.807) is 13.8 Å². The Bertz CT molecular complexity index is 313. The highest BCUT2D eigenvalue weighted by atomic mass is 16.5. The highest BCUT2D eigenvalue weighted by Crippen LogP contribution is 2.25. The Morgan fingerprint density at radius 3 is 2.11 bits per heavy atom. The van der Waals surface area contributed by atoms with E-state index in [0.29, 0.717) is 12.8 Å². The van der Waals surface area contributed by atoms with Gasteiger partial charge in [0.25, 0.3) is 0 Å². The summed E-state index contributed by atoms with van der Waals surface area (Å²) < 4.78 is 4.35. The average Bonchev–Trinajstić information content (AvgIpc) is 2.37. The fraction of sp³-hybridized carbons (Fsp3) is 0.727. The van der Waals surface area contributed by atoms with Crippen LogP contribution in [0.25, 0.3) is 0 Å². The van der Waals surface area contributed by atoms with Crippen LogP contribution in [0.5, 0.6) is 0 Å². The van der Waals surface area contributed by atoms with Gasteiger partial charge in [0.2, 0.25) is 0 Å². The Morgan fingerprint density at radius 2 is 1.72 bits per heavy atom. The van der Waals surface area contributed by atoms with Crippen molar-refractivity contribution in [2.24, 2.45) is 5.41 Å². The van der Waals surface area contributed by atoms with Crippen LogP contribution in [0, 0.1) is 5.41 Å². The summed E-state index contributed by atoms with van der Waals surface area (Å²) in [6.07, 6.45) is 0.826. The smallest absolute Gasteiger partial charge is 0.325 e. The standard InChI is InChI=1S/C11H20N2O5/c1-4-11(5-2,9(15)16)7-13-10(17)12-6-8(14)18-3/h4-7H2,1-3H3,(H,15,16)(H2,12,13,17). The number of hydrogen-bond acceptors (Lipinski definition) is 4. The van der Waals surface area contributed by atoms with Crippen LogP contribution in [0.3, 0.4) is 0 Å². The quantitative estimate of drug-likeness (QED) is 0.573. The first kappa shape index (κ1) is 16.2. The molecule has 0 fully saturated rings. The second-order valence-electron chi connectivity index (χ2n) is 3.90. The molecule has 0 aromatic carbocycles. The molecule has 0 spiro atoms. The Hall–Kier alpha value is -1.79. The molecule has 0 unspecified atom stereocenters. The minimum Gasteiger partial charge on any atom is -0.481 e. The third kappa shape index (κ3) is 4.60. The van der Waals surface area contributed by atoms with E-state index in [1.807, 2.05) is 0 Å². The third-order valence-electron chi connectivity index (χ3n) is 3.02. The van der Waals surface area contributed by atoms with Crippen LogP contribution in [0.1, 0.15) is 26.7 Å². The summed E-state index contributed by atoms with van der Waals surface area (Å²) in [5.74, 6) is -1.51. The molecule has 104 valence electrons. The molecule has 2 amide bonds. The average molecular weight is 260 g/mol. The van der Waals surface area contributed by atoms with E-state index in [4.69, 9.17) is 5.11 Å².